The maximum atomic E-state index is 12.7. The third-order valence-corrected chi connectivity index (χ3v) is 6.42. The van der Waals surface area contributed by atoms with Gasteiger partial charge in [0.15, 0.2) is 0 Å². The molecule has 3 aromatic rings. The van der Waals surface area contributed by atoms with Crippen LogP contribution in [-0.4, -0.2) is 41.3 Å². The van der Waals surface area contributed by atoms with Gasteiger partial charge in [-0.05, 0) is 56.0 Å². The molecule has 6 heteroatoms. The number of carbonyl (C=O) groups excluding carboxylic acids is 2. The molecule has 0 atom stereocenters. The Kier molecular flexibility index (Phi) is 6.23. The number of hydrogen-bond donors (Lipinski definition) is 2. The number of aryl methyl sites for hydroxylation is 1. The molecule has 2 heterocycles. The van der Waals surface area contributed by atoms with E-state index in [0.717, 1.165) is 22.1 Å². The van der Waals surface area contributed by atoms with Gasteiger partial charge in [0.25, 0.3) is 5.91 Å². The van der Waals surface area contributed by atoms with Crippen LogP contribution in [0.1, 0.15) is 34.5 Å². The molecule has 0 bridgehead atoms. The normalized spacial score (nSPS) is 14.8. The van der Waals surface area contributed by atoms with Crippen LogP contribution in [0.4, 0.5) is 0 Å². The van der Waals surface area contributed by atoms with Crippen LogP contribution in [0, 0.1) is 12.8 Å². The fourth-order valence-corrected chi connectivity index (χ4v) is 4.66. The first kappa shape index (κ1) is 20.7. The fraction of sp³-hybridized carbons (Fsp3) is 0.333. The molecule has 0 saturated carbocycles. The van der Waals surface area contributed by atoms with Crippen molar-refractivity contribution in [2.45, 2.75) is 26.2 Å². The Balaban J connectivity index is 1.27. The summed E-state index contributed by atoms with van der Waals surface area (Å²) in [7, 11) is 0. The maximum absolute atomic E-state index is 12.7. The highest BCUT2D eigenvalue weighted by molar-refractivity contribution is 9.10. The van der Waals surface area contributed by atoms with E-state index >= 15 is 0 Å². The van der Waals surface area contributed by atoms with Crippen LogP contribution in [0.25, 0.3) is 10.9 Å². The van der Waals surface area contributed by atoms with Gasteiger partial charge in [-0.2, -0.15) is 0 Å². The summed E-state index contributed by atoms with van der Waals surface area (Å²) in [5.41, 5.74) is 4.24. The number of likely N-dealkylation sites (tertiary alicyclic amines) is 1. The number of aromatic nitrogens is 1. The molecular formula is C24H26BrN3O2. The van der Waals surface area contributed by atoms with E-state index in [-0.39, 0.29) is 17.7 Å². The highest BCUT2D eigenvalue weighted by Gasteiger charge is 2.27. The molecule has 0 aliphatic carbocycles. The molecule has 0 spiro atoms. The van der Waals surface area contributed by atoms with Crippen LogP contribution in [0.15, 0.2) is 53.0 Å². The van der Waals surface area contributed by atoms with Crippen molar-refractivity contribution in [3.8, 4) is 0 Å². The fourth-order valence-electron chi connectivity index (χ4n) is 4.26. The summed E-state index contributed by atoms with van der Waals surface area (Å²) in [6.07, 6.45) is 2.22. The first-order valence-electron chi connectivity index (χ1n) is 10.4. The number of H-pyrrole nitrogens is 1. The molecule has 5 nitrogen and oxygen atoms in total. The van der Waals surface area contributed by atoms with Crippen molar-refractivity contribution in [3.63, 3.8) is 0 Å². The number of fused-ring (bicyclic) bond motifs is 1. The predicted octanol–water partition coefficient (Wildman–Crippen LogP) is 4.45. The van der Waals surface area contributed by atoms with Gasteiger partial charge in [-0.3, -0.25) is 9.59 Å². The van der Waals surface area contributed by atoms with Crippen LogP contribution < -0.4 is 5.32 Å². The molecule has 1 fully saturated rings. The zero-order valence-corrected chi connectivity index (χ0v) is 18.7. The summed E-state index contributed by atoms with van der Waals surface area (Å²) in [4.78, 5) is 30.6. The molecule has 1 aromatic heterocycles. The monoisotopic (exact) mass is 467 g/mol. The van der Waals surface area contributed by atoms with E-state index in [1.54, 1.807) is 0 Å². The number of halogens is 1. The second kappa shape index (κ2) is 9.04. The number of para-hydroxylation sites is 1. The van der Waals surface area contributed by atoms with Gasteiger partial charge in [-0.15, -0.1) is 0 Å². The van der Waals surface area contributed by atoms with E-state index in [2.05, 4.69) is 45.3 Å². The van der Waals surface area contributed by atoms with Crippen molar-refractivity contribution in [1.29, 1.82) is 0 Å². The number of aromatic amines is 1. The van der Waals surface area contributed by atoms with Crippen molar-refractivity contribution in [2.75, 3.05) is 19.6 Å². The summed E-state index contributed by atoms with van der Waals surface area (Å²) in [6.45, 7) is 3.93. The Labute approximate surface area is 185 Å². The SMILES string of the molecule is Cc1[nH]c2ccccc2c1CCNC(=O)C1CCN(C(=O)c2cccc(Br)c2)CC1. The van der Waals surface area contributed by atoms with Crippen LogP contribution in [-0.2, 0) is 11.2 Å². The van der Waals surface area contributed by atoms with Crippen molar-refractivity contribution in [1.82, 2.24) is 15.2 Å². The van der Waals surface area contributed by atoms with Gasteiger partial charge in [0.2, 0.25) is 5.91 Å². The second-order valence-corrected chi connectivity index (χ2v) is 8.81. The molecular weight excluding hydrogens is 442 g/mol. The predicted molar refractivity (Wildman–Crippen MR) is 123 cm³/mol. The Morgan fingerprint density at radius 3 is 2.67 bits per heavy atom. The minimum absolute atomic E-state index is 0.0272. The van der Waals surface area contributed by atoms with Crippen LogP contribution >= 0.6 is 15.9 Å². The first-order valence-corrected chi connectivity index (χ1v) is 11.2. The van der Waals surface area contributed by atoms with Crippen molar-refractivity contribution in [2.24, 2.45) is 5.92 Å². The number of hydrogen-bond acceptors (Lipinski definition) is 2. The maximum Gasteiger partial charge on any atom is 0.253 e. The lowest BCUT2D eigenvalue weighted by Crippen LogP contribution is -2.43. The van der Waals surface area contributed by atoms with Crippen LogP contribution in [0.2, 0.25) is 0 Å². The van der Waals surface area contributed by atoms with E-state index in [1.165, 1.54) is 10.9 Å². The average Bonchev–Trinajstić information content (AvgIpc) is 3.08. The minimum Gasteiger partial charge on any atom is -0.358 e. The van der Waals surface area contributed by atoms with Crippen LogP contribution in [0.5, 0.6) is 0 Å². The van der Waals surface area contributed by atoms with Gasteiger partial charge in [0.05, 0.1) is 0 Å². The Hall–Kier alpha value is -2.60. The molecule has 2 aromatic carbocycles. The highest BCUT2D eigenvalue weighted by atomic mass is 79.9. The van der Waals surface area contributed by atoms with Crippen molar-refractivity contribution in [3.05, 3.63) is 69.8 Å². The minimum atomic E-state index is -0.0272. The second-order valence-electron chi connectivity index (χ2n) is 7.89. The number of benzene rings is 2. The molecule has 1 aliphatic heterocycles. The quantitative estimate of drug-likeness (QED) is 0.581. The zero-order valence-electron chi connectivity index (χ0n) is 17.1. The summed E-state index contributed by atoms with van der Waals surface area (Å²) < 4.78 is 0.896. The topological polar surface area (TPSA) is 65.2 Å². The Morgan fingerprint density at radius 1 is 1.13 bits per heavy atom. The Bertz CT molecular complexity index is 1070. The standard InChI is InChI=1S/C24H26BrN3O2/c1-16-20(21-7-2-3-8-22(21)27-16)9-12-26-23(29)17-10-13-28(14-11-17)24(30)18-5-4-6-19(25)15-18/h2-8,15,17,27H,9-14H2,1H3,(H,26,29). The zero-order chi connectivity index (χ0) is 21.1. The smallest absolute Gasteiger partial charge is 0.253 e. The molecule has 1 saturated heterocycles. The molecule has 1 aliphatic rings. The molecule has 156 valence electrons. The van der Waals surface area contributed by atoms with E-state index in [9.17, 15) is 9.59 Å². The highest BCUT2D eigenvalue weighted by Crippen LogP contribution is 2.23. The summed E-state index contributed by atoms with van der Waals surface area (Å²) in [5, 5.41) is 4.33. The lowest BCUT2D eigenvalue weighted by Gasteiger charge is -2.31. The molecule has 0 radical (unpaired) electrons. The molecule has 30 heavy (non-hydrogen) atoms. The number of nitrogens with zero attached hydrogens (tertiary/aromatic N) is 1. The summed E-state index contributed by atoms with van der Waals surface area (Å²) in [5.74, 6) is 0.104. The first-order chi connectivity index (χ1) is 14.5. The number of amides is 2. The third kappa shape index (κ3) is 4.43. The van der Waals surface area contributed by atoms with Gasteiger partial charge in [0.1, 0.15) is 0 Å². The molecule has 0 unspecified atom stereocenters. The number of carbonyl (C=O) groups is 2. The third-order valence-electron chi connectivity index (χ3n) is 5.93. The van der Waals surface area contributed by atoms with E-state index in [1.807, 2.05) is 41.3 Å². The molecule has 4 rings (SSSR count). The van der Waals surface area contributed by atoms with E-state index < -0.39 is 0 Å². The lowest BCUT2D eigenvalue weighted by atomic mass is 9.95. The number of rotatable bonds is 5. The van der Waals surface area contributed by atoms with Crippen LogP contribution in [0.3, 0.4) is 0 Å². The largest absolute Gasteiger partial charge is 0.358 e. The molecule has 2 amide bonds. The Morgan fingerprint density at radius 2 is 1.90 bits per heavy atom. The summed E-state index contributed by atoms with van der Waals surface area (Å²) in [6, 6.07) is 15.7. The van der Waals surface area contributed by atoms with Gasteiger partial charge in [0, 0.05) is 52.2 Å². The van der Waals surface area contributed by atoms with E-state index in [4.69, 9.17) is 0 Å². The summed E-state index contributed by atoms with van der Waals surface area (Å²) >= 11 is 3.41. The van der Waals surface area contributed by atoms with Gasteiger partial charge < -0.3 is 15.2 Å². The van der Waals surface area contributed by atoms with E-state index in [0.29, 0.717) is 38.0 Å². The van der Waals surface area contributed by atoms with Crippen molar-refractivity contribution >= 4 is 38.6 Å². The molecule has 2 N–H and O–H groups in total. The lowest BCUT2D eigenvalue weighted by molar-refractivity contribution is -0.126. The average molecular weight is 468 g/mol. The van der Waals surface area contributed by atoms with Gasteiger partial charge in [-0.25, -0.2) is 0 Å². The van der Waals surface area contributed by atoms with Gasteiger partial charge in [-0.1, -0.05) is 40.2 Å². The number of nitrogens with one attached hydrogen (secondary N) is 2. The number of piperidine rings is 1. The van der Waals surface area contributed by atoms with Gasteiger partial charge >= 0.3 is 0 Å². The van der Waals surface area contributed by atoms with Crippen molar-refractivity contribution < 1.29 is 9.59 Å².